The second kappa shape index (κ2) is 4.28. The minimum Gasteiger partial charge on any atom is -0.369 e. The Morgan fingerprint density at radius 2 is 2.29 bits per heavy atom. The molecule has 4 heteroatoms. The number of nitrogens with two attached hydrogens (primary N) is 2. The number of likely N-dealkylation sites (tertiary alicyclic amines) is 1. The van der Waals surface area contributed by atoms with Gasteiger partial charge in [-0.15, -0.1) is 0 Å². The van der Waals surface area contributed by atoms with Crippen LogP contribution in [0.1, 0.15) is 26.7 Å². The smallest absolute Gasteiger partial charge is 0.224 e. The summed E-state index contributed by atoms with van der Waals surface area (Å²) in [6, 6.07) is 0.459. The topological polar surface area (TPSA) is 72.3 Å². The van der Waals surface area contributed by atoms with Gasteiger partial charge in [0.25, 0.3) is 0 Å². The fraction of sp³-hybridized carbons (Fsp3) is 0.900. The van der Waals surface area contributed by atoms with E-state index in [-0.39, 0.29) is 11.3 Å². The first-order chi connectivity index (χ1) is 6.49. The minimum absolute atomic E-state index is 0.181. The van der Waals surface area contributed by atoms with Crippen molar-refractivity contribution >= 4 is 5.91 Å². The lowest BCUT2D eigenvalue weighted by Gasteiger charge is -2.26. The van der Waals surface area contributed by atoms with E-state index in [1.165, 1.54) is 0 Å². The molecule has 14 heavy (non-hydrogen) atoms. The van der Waals surface area contributed by atoms with E-state index in [0.29, 0.717) is 12.6 Å². The normalized spacial score (nSPS) is 30.5. The average molecular weight is 199 g/mol. The van der Waals surface area contributed by atoms with Crippen LogP contribution in [0.2, 0.25) is 0 Å². The molecule has 0 spiro atoms. The SMILES string of the molecule is CC(CCN)N1CCC(C)(C(N)=O)C1. The summed E-state index contributed by atoms with van der Waals surface area (Å²) < 4.78 is 0. The zero-order valence-electron chi connectivity index (χ0n) is 9.12. The molecule has 0 saturated carbocycles. The molecule has 0 radical (unpaired) electrons. The van der Waals surface area contributed by atoms with Crippen LogP contribution in [0.4, 0.5) is 0 Å². The first-order valence-corrected chi connectivity index (χ1v) is 5.23. The molecule has 82 valence electrons. The molecule has 1 amide bonds. The van der Waals surface area contributed by atoms with Gasteiger partial charge in [0, 0.05) is 12.6 Å². The Morgan fingerprint density at radius 3 is 2.71 bits per heavy atom. The predicted molar refractivity (Wildman–Crippen MR) is 56.6 cm³/mol. The summed E-state index contributed by atoms with van der Waals surface area (Å²) in [6.07, 6.45) is 1.85. The molecule has 4 nitrogen and oxygen atoms in total. The highest BCUT2D eigenvalue weighted by atomic mass is 16.1. The molecule has 0 aromatic heterocycles. The summed E-state index contributed by atoms with van der Waals surface area (Å²) in [5, 5.41) is 0. The molecule has 1 heterocycles. The lowest BCUT2D eigenvalue weighted by Crippen LogP contribution is -2.39. The molecule has 2 atom stereocenters. The molecule has 1 aliphatic heterocycles. The van der Waals surface area contributed by atoms with Crippen molar-refractivity contribution in [3.8, 4) is 0 Å². The minimum atomic E-state index is -0.330. The molecule has 1 rings (SSSR count). The monoisotopic (exact) mass is 199 g/mol. The van der Waals surface area contributed by atoms with Crippen LogP contribution in [0.5, 0.6) is 0 Å². The highest BCUT2D eigenvalue weighted by Crippen LogP contribution is 2.30. The first-order valence-electron chi connectivity index (χ1n) is 5.23. The summed E-state index contributed by atoms with van der Waals surface area (Å²) in [5.74, 6) is -0.181. The van der Waals surface area contributed by atoms with Crippen LogP contribution in [-0.2, 0) is 4.79 Å². The number of primary amides is 1. The Kier molecular flexibility index (Phi) is 3.50. The fourth-order valence-corrected chi connectivity index (χ4v) is 2.00. The molecule has 1 saturated heterocycles. The van der Waals surface area contributed by atoms with E-state index in [1.54, 1.807) is 0 Å². The van der Waals surface area contributed by atoms with Gasteiger partial charge in [-0.1, -0.05) is 0 Å². The standard InChI is InChI=1S/C10H21N3O/c1-8(3-5-11)13-6-4-10(2,7-13)9(12)14/h8H,3-7,11H2,1-2H3,(H2,12,14). The van der Waals surface area contributed by atoms with Gasteiger partial charge >= 0.3 is 0 Å². The van der Waals surface area contributed by atoms with Gasteiger partial charge in [-0.2, -0.15) is 0 Å². The van der Waals surface area contributed by atoms with Crippen molar-refractivity contribution in [1.29, 1.82) is 0 Å². The maximum absolute atomic E-state index is 11.2. The van der Waals surface area contributed by atoms with E-state index in [2.05, 4.69) is 11.8 Å². The van der Waals surface area contributed by atoms with Gasteiger partial charge in [0.1, 0.15) is 0 Å². The number of rotatable bonds is 4. The van der Waals surface area contributed by atoms with Gasteiger partial charge < -0.3 is 11.5 Å². The Hall–Kier alpha value is -0.610. The van der Waals surface area contributed by atoms with Gasteiger partial charge in [0.15, 0.2) is 0 Å². The summed E-state index contributed by atoms with van der Waals surface area (Å²) in [6.45, 7) is 6.54. The maximum atomic E-state index is 11.2. The third kappa shape index (κ3) is 2.25. The average Bonchev–Trinajstić information content (AvgIpc) is 2.50. The van der Waals surface area contributed by atoms with E-state index in [4.69, 9.17) is 11.5 Å². The summed E-state index contributed by atoms with van der Waals surface area (Å²) >= 11 is 0. The molecule has 0 aromatic rings. The lowest BCUT2D eigenvalue weighted by molar-refractivity contribution is -0.126. The molecule has 0 bridgehead atoms. The summed E-state index contributed by atoms with van der Waals surface area (Å²) in [7, 11) is 0. The second-order valence-electron chi connectivity index (χ2n) is 4.57. The van der Waals surface area contributed by atoms with Crippen LogP contribution in [0, 0.1) is 5.41 Å². The first kappa shape index (κ1) is 11.5. The Morgan fingerprint density at radius 1 is 1.64 bits per heavy atom. The zero-order chi connectivity index (χ0) is 10.8. The molecule has 1 aliphatic rings. The van der Waals surface area contributed by atoms with E-state index < -0.39 is 0 Å². The second-order valence-corrected chi connectivity index (χ2v) is 4.57. The third-order valence-electron chi connectivity index (χ3n) is 3.31. The Balaban J connectivity index is 2.52. The quantitative estimate of drug-likeness (QED) is 0.665. The Labute approximate surface area is 85.6 Å². The zero-order valence-corrected chi connectivity index (χ0v) is 9.12. The van der Waals surface area contributed by atoms with Gasteiger partial charge in [-0.25, -0.2) is 0 Å². The maximum Gasteiger partial charge on any atom is 0.224 e. The molecule has 0 aromatic carbocycles. The van der Waals surface area contributed by atoms with Crippen LogP contribution in [0.3, 0.4) is 0 Å². The molecule has 2 unspecified atom stereocenters. The van der Waals surface area contributed by atoms with E-state index in [9.17, 15) is 4.79 Å². The van der Waals surface area contributed by atoms with E-state index in [0.717, 1.165) is 25.9 Å². The van der Waals surface area contributed by atoms with Gasteiger partial charge in [0.2, 0.25) is 5.91 Å². The van der Waals surface area contributed by atoms with Crippen molar-refractivity contribution in [2.45, 2.75) is 32.7 Å². The molecule has 4 N–H and O–H groups in total. The van der Waals surface area contributed by atoms with E-state index >= 15 is 0 Å². The third-order valence-corrected chi connectivity index (χ3v) is 3.31. The highest BCUT2D eigenvalue weighted by molar-refractivity contribution is 5.81. The number of carbonyl (C=O) groups excluding carboxylic acids is 1. The molecule has 1 fully saturated rings. The van der Waals surface area contributed by atoms with Crippen molar-refractivity contribution in [1.82, 2.24) is 4.90 Å². The van der Waals surface area contributed by atoms with Crippen LogP contribution in [0.15, 0.2) is 0 Å². The Bertz CT molecular complexity index is 219. The lowest BCUT2D eigenvalue weighted by atomic mass is 9.89. The summed E-state index contributed by atoms with van der Waals surface area (Å²) in [5.41, 5.74) is 10.6. The largest absolute Gasteiger partial charge is 0.369 e. The molecular weight excluding hydrogens is 178 g/mol. The van der Waals surface area contributed by atoms with E-state index in [1.807, 2.05) is 6.92 Å². The van der Waals surface area contributed by atoms with Crippen LogP contribution < -0.4 is 11.5 Å². The highest BCUT2D eigenvalue weighted by Gasteiger charge is 2.39. The van der Waals surface area contributed by atoms with Crippen LogP contribution >= 0.6 is 0 Å². The number of hydrogen-bond donors (Lipinski definition) is 2. The van der Waals surface area contributed by atoms with Gasteiger partial charge in [-0.05, 0) is 39.8 Å². The van der Waals surface area contributed by atoms with Crippen LogP contribution in [0.25, 0.3) is 0 Å². The molecular formula is C10H21N3O. The van der Waals surface area contributed by atoms with Crippen molar-refractivity contribution in [3.05, 3.63) is 0 Å². The van der Waals surface area contributed by atoms with Crippen molar-refractivity contribution in [3.63, 3.8) is 0 Å². The number of carbonyl (C=O) groups is 1. The number of hydrogen-bond acceptors (Lipinski definition) is 3. The van der Waals surface area contributed by atoms with Crippen molar-refractivity contribution < 1.29 is 4.79 Å². The predicted octanol–water partition coefficient (Wildman–Crippen LogP) is -0.0790. The molecule has 0 aliphatic carbocycles. The van der Waals surface area contributed by atoms with Gasteiger partial charge in [-0.3, -0.25) is 9.69 Å². The van der Waals surface area contributed by atoms with Crippen molar-refractivity contribution in [2.24, 2.45) is 16.9 Å². The van der Waals surface area contributed by atoms with Crippen LogP contribution in [-0.4, -0.2) is 36.5 Å². The van der Waals surface area contributed by atoms with Crippen molar-refractivity contribution in [2.75, 3.05) is 19.6 Å². The fourth-order valence-electron chi connectivity index (χ4n) is 2.00. The number of nitrogens with zero attached hydrogens (tertiary/aromatic N) is 1. The number of amides is 1. The van der Waals surface area contributed by atoms with Gasteiger partial charge in [0.05, 0.1) is 5.41 Å². The summed E-state index contributed by atoms with van der Waals surface area (Å²) in [4.78, 5) is 13.5.